The zero-order chi connectivity index (χ0) is 22.4. The predicted octanol–water partition coefficient (Wildman–Crippen LogP) is 1.85. The highest BCUT2D eigenvalue weighted by atomic mass is 35.5. The molecule has 0 aromatic heterocycles. The monoisotopic (exact) mass is 470 g/mol. The Morgan fingerprint density at radius 2 is 1.90 bits per heavy atom. The number of fused-ring (bicyclic) bond motifs is 1. The first kappa shape index (κ1) is 23.2. The van der Waals surface area contributed by atoms with Crippen molar-refractivity contribution in [3.05, 3.63) is 35.4 Å². The van der Waals surface area contributed by atoms with Crippen LogP contribution in [0.3, 0.4) is 0 Å². The first-order chi connectivity index (χ1) is 14.7. The first-order valence-electron chi connectivity index (χ1n) is 9.65. The third-order valence-electron chi connectivity index (χ3n) is 4.96. The number of carbonyl (C=O) groups excluding carboxylic acids is 1. The molecule has 2 fully saturated rings. The van der Waals surface area contributed by atoms with Gasteiger partial charge in [0.15, 0.2) is 11.5 Å². The molecular formula is C20H23ClN2O7S. The molecule has 2 saturated heterocycles. The van der Waals surface area contributed by atoms with Crippen LogP contribution in [0.5, 0.6) is 11.5 Å². The highest BCUT2D eigenvalue weighted by molar-refractivity contribution is 8.01. The number of thioether (sulfide) groups is 1. The van der Waals surface area contributed by atoms with E-state index in [9.17, 15) is 14.4 Å². The molecule has 0 aliphatic carbocycles. The molecule has 11 heteroatoms. The molecule has 4 rings (SSSR count). The molecule has 9 nitrogen and oxygen atoms in total. The summed E-state index contributed by atoms with van der Waals surface area (Å²) in [5.74, 6) is -0.271. The lowest BCUT2D eigenvalue weighted by Crippen LogP contribution is -2.52. The average molecular weight is 471 g/mol. The van der Waals surface area contributed by atoms with Gasteiger partial charge in [-0.05, 0) is 25.0 Å². The number of benzene rings is 1. The molecule has 168 valence electrons. The van der Waals surface area contributed by atoms with E-state index in [0.717, 1.165) is 44.0 Å². The molecule has 3 heterocycles. The van der Waals surface area contributed by atoms with Crippen LogP contribution in [0.1, 0.15) is 12.8 Å². The van der Waals surface area contributed by atoms with Gasteiger partial charge in [0, 0.05) is 42.9 Å². The van der Waals surface area contributed by atoms with Crippen molar-refractivity contribution >= 4 is 41.2 Å². The van der Waals surface area contributed by atoms with Crippen LogP contribution in [-0.2, 0) is 14.4 Å². The Bertz CT molecular complexity index is 855. The number of nitrogens with one attached hydrogen (secondary N) is 1. The van der Waals surface area contributed by atoms with Gasteiger partial charge in [-0.15, -0.1) is 11.8 Å². The van der Waals surface area contributed by atoms with E-state index in [0.29, 0.717) is 29.5 Å². The van der Waals surface area contributed by atoms with Gasteiger partial charge in [0.1, 0.15) is 12.7 Å². The first-order valence-corrected chi connectivity index (χ1v) is 11.0. The molecule has 1 spiro atoms. The van der Waals surface area contributed by atoms with E-state index in [2.05, 4.69) is 10.2 Å². The second kappa shape index (κ2) is 10.3. The predicted molar refractivity (Wildman–Crippen MR) is 115 cm³/mol. The summed E-state index contributed by atoms with van der Waals surface area (Å²) in [4.78, 5) is 32.9. The summed E-state index contributed by atoms with van der Waals surface area (Å²) in [6.45, 7) is 3.33. The quantitative estimate of drug-likeness (QED) is 0.565. The van der Waals surface area contributed by atoms with Crippen molar-refractivity contribution in [1.82, 2.24) is 10.2 Å². The summed E-state index contributed by atoms with van der Waals surface area (Å²) in [7, 11) is 0. The van der Waals surface area contributed by atoms with E-state index in [1.807, 2.05) is 12.1 Å². The Balaban J connectivity index is 0.000000293. The maximum Gasteiger partial charge on any atom is 0.328 e. The minimum absolute atomic E-state index is 0.0147. The van der Waals surface area contributed by atoms with Crippen molar-refractivity contribution in [1.29, 1.82) is 0 Å². The standard InChI is InChI=1S/C16H19ClN2O3S.C4H4O4/c17-11-1-2-13-14(7-11)22-12(9-21-13)8-19-5-3-16(4-6-19)18-15(20)10-23-16;5-3(6)1-2-4(7)8/h1-2,7,12H,3-6,8-10H2,(H,18,20);1-2H,(H,5,6)(H,7,8)/b;2-1-. The van der Waals surface area contributed by atoms with Crippen LogP contribution in [0.4, 0.5) is 0 Å². The van der Waals surface area contributed by atoms with Crippen LogP contribution in [0.2, 0.25) is 5.02 Å². The number of hydrogen-bond donors (Lipinski definition) is 3. The fourth-order valence-corrected chi connectivity index (χ4v) is 4.81. The summed E-state index contributed by atoms with van der Waals surface area (Å²) in [5, 5.41) is 19.4. The van der Waals surface area contributed by atoms with E-state index < -0.39 is 11.9 Å². The van der Waals surface area contributed by atoms with Gasteiger partial charge in [0.2, 0.25) is 5.91 Å². The van der Waals surface area contributed by atoms with E-state index in [1.54, 1.807) is 17.8 Å². The number of ether oxygens (including phenoxy) is 2. The highest BCUT2D eigenvalue weighted by Crippen LogP contribution is 2.38. The Morgan fingerprint density at radius 3 is 2.48 bits per heavy atom. The normalized spacial score (nSPS) is 22.0. The Labute approximate surface area is 188 Å². The molecule has 0 saturated carbocycles. The molecule has 1 aromatic carbocycles. The number of halogens is 1. The van der Waals surface area contributed by atoms with Crippen LogP contribution in [0.15, 0.2) is 30.4 Å². The number of nitrogens with zero attached hydrogens (tertiary/aromatic N) is 1. The maximum absolute atomic E-state index is 11.5. The fourth-order valence-electron chi connectivity index (χ4n) is 3.51. The number of amides is 1. The molecule has 0 radical (unpaired) electrons. The van der Waals surface area contributed by atoms with Gasteiger partial charge in [0.05, 0.1) is 10.6 Å². The van der Waals surface area contributed by atoms with Gasteiger partial charge in [-0.25, -0.2) is 9.59 Å². The lowest BCUT2D eigenvalue weighted by Gasteiger charge is -2.40. The molecule has 1 amide bonds. The SMILES string of the molecule is O=C(O)/C=C\C(=O)O.O=C1CSC2(CCN(CC3COc4ccc(Cl)cc4O3)CC2)N1. The van der Waals surface area contributed by atoms with Crippen molar-refractivity contribution in [3.63, 3.8) is 0 Å². The third kappa shape index (κ3) is 6.78. The van der Waals surface area contributed by atoms with E-state index in [-0.39, 0.29) is 16.9 Å². The number of carbonyl (C=O) groups is 3. The number of hydrogen-bond acceptors (Lipinski definition) is 7. The largest absolute Gasteiger partial charge is 0.486 e. The number of carboxylic acids is 2. The zero-order valence-electron chi connectivity index (χ0n) is 16.6. The van der Waals surface area contributed by atoms with Crippen molar-refractivity contribution in [3.8, 4) is 11.5 Å². The summed E-state index contributed by atoms with van der Waals surface area (Å²) >= 11 is 7.77. The van der Waals surface area contributed by atoms with Crippen molar-refractivity contribution < 1.29 is 34.1 Å². The molecule has 0 bridgehead atoms. The van der Waals surface area contributed by atoms with Gasteiger partial charge >= 0.3 is 11.9 Å². The topological polar surface area (TPSA) is 125 Å². The average Bonchev–Trinajstić information content (AvgIpc) is 3.09. The molecule has 3 aliphatic heterocycles. The Kier molecular flexibility index (Phi) is 7.69. The fraction of sp³-hybridized carbons (Fsp3) is 0.450. The van der Waals surface area contributed by atoms with Crippen molar-refractivity contribution in [2.24, 2.45) is 0 Å². The van der Waals surface area contributed by atoms with E-state index >= 15 is 0 Å². The molecular weight excluding hydrogens is 448 g/mol. The number of rotatable bonds is 4. The summed E-state index contributed by atoms with van der Waals surface area (Å²) < 4.78 is 11.8. The molecule has 3 aliphatic rings. The van der Waals surface area contributed by atoms with Crippen LogP contribution in [0.25, 0.3) is 0 Å². The minimum atomic E-state index is -1.26. The number of likely N-dealkylation sites (tertiary alicyclic amines) is 1. The second-order valence-corrected chi connectivity index (χ2v) is 9.08. The van der Waals surface area contributed by atoms with E-state index in [4.69, 9.17) is 31.3 Å². The molecule has 1 unspecified atom stereocenters. The number of aliphatic carboxylic acids is 2. The van der Waals surface area contributed by atoms with Crippen LogP contribution >= 0.6 is 23.4 Å². The van der Waals surface area contributed by atoms with Crippen LogP contribution < -0.4 is 14.8 Å². The summed E-state index contributed by atoms with van der Waals surface area (Å²) in [6, 6.07) is 5.46. The second-order valence-electron chi connectivity index (χ2n) is 7.28. The van der Waals surface area contributed by atoms with Gasteiger partial charge in [-0.2, -0.15) is 0 Å². The molecule has 3 N–H and O–H groups in total. The lowest BCUT2D eigenvalue weighted by atomic mass is 10.0. The van der Waals surface area contributed by atoms with Crippen LogP contribution in [-0.4, -0.2) is 75.9 Å². The summed E-state index contributed by atoms with van der Waals surface area (Å²) in [5.41, 5.74) is 0. The zero-order valence-corrected chi connectivity index (χ0v) is 18.2. The number of carboxylic acid groups (broad SMARTS) is 2. The van der Waals surface area contributed by atoms with Gasteiger partial charge in [-0.1, -0.05) is 11.6 Å². The van der Waals surface area contributed by atoms with Gasteiger partial charge < -0.3 is 25.0 Å². The van der Waals surface area contributed by atoms with Gasteiger partial charge in [0.25, 0.3) is 0 Å². The molecule has 1 aromatic rings. The lowest BCUT2D eigenvalue weighted by molar-refractivity contribution is -0.134. The highest BCUT2D eigenvalue weighted by Gasteiger charge is 2.41. The molecule has 31 heavy (non-hydrogen) atoms. The Hall–Kier alpha value is -2.43. The van der Waals surface area contributed by atoms with E-state index in [1.165, 1.54) is 0 Å². The van der Waals surface area contributed by atoms with Crippen LogP contribution in [0, 0.1) is 0 Å². The van der Waals surface area contributed by atoms with Crippen molar-refractivity contribution in [2.75, 3.05) is 32.0 Å². The maximum atomic E-state index is 11.5. The third-order valence-corrected chi connectivity index (χ3v) is 6.67. The van der Waals surface area contributed by atoms with Crippen molar-refractivity contribution in [2.45, 2.75) is 23.8 Å². The molecule has 1 atom stereocenters. The smallest absolute Gasteiger partial charge is 0.328 e. The Morgan fingerprint density at radius 1 is 1.23 bits per heavy atom. The van der Waals surface area contributed by atoms with Gasteiger partial charge in [-0.3, -0.25) is 9.69 Å². The summed E-state index contributed by atoms with van der Waals surface area (Å²) in [6.07, 6.45) is 3.10. The number of piperidine rings is 1. The minimum Gasteiger partial charge on any atom is -0.486 e.